The highest BCUT2D eigenvalue weighted by Gasteiger charge is 2.65. The zero-order valence-corrected chi connectivity index (χ0v) is 18.7. The highest BCUT2D eigenvalue weighted by atomic mass is 15.0. The normalized spacial score (nSPS) is 46.5. The first kappa shape index (κ1) is 20.9. The molecule has 0 amide bonds. The Morgan fingerprint density at radius 3 is 2.46 bits per heavy atom. The molecule has 3 fully saturated rings. The van der Waals surface area contributed by atoms with E-state index in [0.717, 1.165) is 38.0 Å². The molecule has 0 bridgehead atoms. The summed E-state index contributed by atoms with van der Waals surface area (Å²) in [7, 11) is 0. The van der Waals surface area contributed by atoms with Crippen LogP contribution in [0, 0.1) is 29.6 Å². The topological polar surface area (TPSA) is 78.1 Å². The van der Waals surface area contributed by atoms with Gasteiger partial charge in [-0.1, -0.05) is 51.7 Å². The third-order valence-electron chi connectivity index (χ3n) is 9.71. The molecule has 0 saturated heterocycles. The van der Waals surface area contributed by atoms with Crippen LogP contribution in [0.5, 0.6) is 0 Å². The van der Waals surface area contributed by atoms with Crippen LogP contribution < -0.4 is 17.2 Å². The van der Waals surface area contributed by atoms with Gasteiger partial charge in [0.1, 0.15) is 0 Å². The van der Waals surface area contributed by atoms with Gasteiger partial charge in [0.2, 0.25) is 0 Å². The van der Waals surface area contributed by atoms with Gasteiger partial charge in [0.25, 0.3) is 0 Å². The Morgan fingerprint density at radius 1 is 0.929 bits per heavy atom. The monoisotopic (exact) mass is 387 g/mol. The number of hydrogen-bond acceptors (Lipinski definition) is 3. The second-order valence-corrected chi connectivity index (χ2v) is 11.5. The molecular weight excluding hydrogens is 342 g/mol. The van der Waals surface area contributed by atoms with Crippen LogP contribution >= 0.6 is 0 Å². The van der Waals surface area contributed by atoms with E-state index < -0.39 is 0 Å². The summed E-state index contributed by atoms with van der Waals surface area (Å²) < 4.78 is 0. The Hall–Kier alpha value is -0.380. The van der Waals surface area contributed by atoms with Crippen molar-refractivity contribution in [2.45, 2.75) is 114 Å². The summed E-state index contributed by atoms with van der Waals surface area (Å²) in [4.78, 5) is 0. The van der Waals surface area contributed by atoms with E-state index in [2.05, 4.69) is 26.8 Å². The molecule has 3 nitrogen and oxygen atoms in total. The molecule has 160 valence electrons. The van der Waals surface area contributed by atoms with E-state index in [1.807, 2.05) is 0 Å². The molecule has 3 saturated carbocycles. The molecule has 0 heterocycles. The van der Waals surface area contributed by atoms with Gasteiger partial charge in [0.05, 0.1) is 0 Å². The molecule has 0 spiro atoms. The molecule has 4 aliphatic carbocycles. The van der Waals surface area contributed by atoms with Crippen LogP contribution in [-0.2, 0) is 0 Å². The lowest BCUT2D eigenvalue weighted by molar-refractivity contribution is -0.00907. The Morgan fingerprint density at radius 2 is 1.71 bits per heavy atom. The van der Waals surface area contributed by atoms with Gasteiger partial charge in [0.15, 0.2) is 0 Å². The number of allylic oxidation sites excluding steroid dienone is 1. The maximum atomic E-state index is 7.33. The zero-order valence-electron chi connectivity index (χ0n) is 18.7. The Balaban J connectivity index is 1.55. The van der Waals surface area contributed by atoms with Crippen LogP contribution in [0.3, 0.4) is 0 Å². The first-order valence-corrected chi connectivity index (χ1v) is 12.3. The SMILES string of the molecule is CC(C)CCC[C@@H](C)[C@@]1(N)CC[C@@]2(N)C3CC=C4CCCCC4[C@@]3(N)CCC21. The quantitative estimate of drug-likeness (QED) is 0.588. The standard InChI is InChI=1S/C25H45N3/c1-17(2)7-6-8-18(3)23(26)15-16-25(28)21-12-11-19-9-4-5-10-20(19)24(21,27)14-13-22(23)25/h11,17-18,20-22H,4-10,12-16,26-28H2,1-3H3/t18-,20?,21?,22?,23+,24+,25-/m1/s1. The fourth-order valence-corrected chi connectivity index (χ4v) is 8.02. The van der Waals surface area contributed by atoms with E-state index >= 15 is 0 Å². The number of fused-ring (bicyclic) bond motifs is 5. The van der Waals surface area contributed by atoms with Crippen molar-refractivity contribution in [3.63, 3.8) is 0 Å². The Bertz CT molecular complexity index is 613. The molecule has 6 N–H and O–H groups in total. The van der Waals surface area contributed by atoms with Gasteiger partial charge < -0.3 is 17.2 Å². The van der Waals surface area contributed by atoms with Crippen molar-refractivity contribution in [3.8, 4) is 0 Å². The van der Waals surface area contributed by atoms with Crippen molar-refractivity contribution in [2.24, 2.45) is 46.8 Å². The fraction of sp³-hybridized carbons (Fsp3) is 0.920. The van der Waals surface area contributed by atoms with Gasteiger partial charge in [-0.3, -0.25) is 0 Å². The van der Waals surface area contributed by atoms with Crippen molar-refractivity contribution >= 4 is 0 Å². The number of rotatable bonds is 5. The summed E-state index contributed by atoms with van der Waals surface area (Å²) in [5.41, 5.74) is 23.1. The van der Waals surface area contributed by atoms with E-state index in [1.54, 1.807) is 5.57 Å². The Kier molecular flexibility index (Phi) is 5.51. The van der Waals surface area contributed by atoms with Crippen LogP contribution in [0.15, 0.2) is 11.6 Å². The van der Waals surface area contributed by atoms with Crippen molar-refractivity contribution in [2.75, 3.05) is 0 Å². The summed E-state index contributed by atoms with van der Waals surface area (Å²) in [5.74, 6) is 2.77. The predicted molar refractivity (Wildman–Crippen MR) is 119 cm³/mol. The largest absolute Gasteiger partial charge is 0.325 e. The fourth-order valence-electron chi connectivity index (χ4n) is 8.02. The minimum absolute atomic E-state index is 0.0815. The van der Waals surface area contributed by atoms with E-state index in [9.17, 15) is 0 Å². The van der Waals surface area contributed by atoms with Gasteiger partial charge in [-0.2, -0.15) is 0 Å². The smallest absolute Gasteiger partial charge is 0.0269 e. The molecule has 7 atom stereocenters. The predicted octanol–water partition coefficient (Wildman–Crippen LogP) is 4.88. The second kappa shape index (κ2) is 7.39. The van der Waals surface area contributed by atoms with Gasteiger partial charge in [-0.05, 0) is 87.4 Å². The molecule has 4 aliphatic rings. The molecule has 0 aromatic heterocycles. The van der Waals surface area contributed by atoms with Crippen LogP contribution in [0.2, 0.25) is 0 Å². The van der Waals surface area contributed by atoms with Crippen molar-refractivity contribution in [3.05, 3.63) is 11.6 Å². The third-order valence-corrected chi connectivity index (χ3v) is 9.71. The lowest BCUT2D eigenvalue weighted by atomic mass is 9.49. The highest BCUT2D eigenvalue weighted by molar-refractivity contribution is 5.30. The maximum Gasteiger partial charge on any atom is 0.0269 e. The summed E-state index contributed by atoms with van der Waals surface area (Å²) in [6, 6.07) is 0. The maximum absolute atomic E-state index is 7.33. The number of hydrogen-bond donors (Lipinski definition) is 3. The summed E-state index contributed by atoms with van der Waals surface area (Å²) in [6.07, 6.45) is 17.1. The molecule has 0 radical (unpaired) electrons. The molecular formula is C25H45N3. The van der Waals surface area contributed by atoms with E-state index in [1.165, 1.54) is 44.9 Å². The van der Waals surface area contributed by atoms with Crippen molar-refractivity contribution in [1.82, 2.24) is 0 Å². The third kappa shape index (κ3) is 3.11. The van der Waals surface area contributed by atoms with Gasteiger partial charge >= 0.3 is 0 Å². The molecule has 3 heteroatoms. The number of nitrogens with two attached hydrogens (primary N) is 3. The van der Waals surface area contributed by atoms with Gasteiger partial charge in [-0.25, -0.2) is 0 Å². The van der Waals surface area contributed by atoms with Crippen LogP contribution in [0.4, 0.5) is 0 Å². The van der Waals surface area contributed by atoms with Crippen molar-refractivity contribution < 1.29 is 0 Å². The van der Waals surface area contributed by atoms with Crippen LogP contribution in [-0.4, -0.2) is 16.6 Å². The molecule has 28 heavy (non-hydrogen) atoms. The molecule has 0 aromatic rings. The second-order valence-electron chi connectivity index (χ2n) is 11.5. The average Bonchev–Trinajstić information content (AvgIpc) is 2.93. The summed E-state index contributed by atoms with van der Waals surface area (Å²) in [5, 5.41) is 0. The van der Waals surface area contributed by atoms with E-state index in [4.69, 9.17) is 17.2 Å². The summed E-state index contributed by atoms with van der Waals surface area (Å²) >= 11 is 0. The minimum atomic E-state index is -0.159. The summed E-state index contributed by atoms with van der Waals surface area (Å²) in [6.45, 7) is 7.04. The van der Waals surface area contributed by atoms with Crippen LogP contribution in [0.1, 0.15) is 97.8 Å². The molecule has 4 rings (SSSR count). The Labute approximate surface area is 173 Å². The van der Waals surface area contributed by atoms with Gasteiger partial charge in [0, 0.05) is 16.6 Å². The first-order valence-electron chi connectivity index (χ1n) is 12.3. The van der Waals surface area contributed by atoms with E-state index in [-0.39, 0.29) is 16.6 Å². The zero-order chi connectivity index (χ0) is 20.2. The lowest BCUT2D eigenvalue weighted by Crippen LogP contribution is -2.72. The highest BCUT2D eigenvalue weighted by Crippen LogP contribution is 2.61. The minimum Gasteiger partial charge on any atom is -0.325 e. The van der Waals surface area contributed by atoms with Crippen molar-refractivity contribution in [1.29, 1.82) is 0 Å². The first-order chi connectivity index (χ1) is 13.2. The van der Waals surface area contributed by atoms with E-state index in [0.29, 0.717) is 23.7 Å². The molecule has 0 aromatic carbocycles. The molecule has 0 aliphatic heterocycles. The van der Waals surface area contributed by atoms with Crippen LogP contribution in [0.25, 0.3) is 0 Å². The molecule has 3 unspecified atom stereocenters. The lowest BCUT2D eigenvalue weighted by Gasteiger charge is -2.61. The average molecular weight is 388 g/mol. The van der Waals surface area contributed by atoms with Gasteiger partial charge in [-0.15, -0.1) is 0 Å².